The Morgan fingerprint density at radius 3 is 2.27 bits per heavy atom. The fourth-order valence-electron chi connectivity index (χ4n) is 3.12. The molecule has 0 aliphatic carbocycles. The lowest BCUT2D eigenvalue weighted by atomic mass is 10.0. The van der Waals surface area contributed by atoms with Gasteiger partial charge in [0.15, 0.2) is 5.96 Å². The second-order valence-electron chi connectivity index (χ2n) is 7.16. The summed E-state index contributed by atoms with van der Waals surface area (Å²) in [6.45, 7) is 7.43. The maximum atomic E-state index is 5.39. The minimum Gasteiger partial charge on any atom is -0.497 e. The zero-order valence-electron chi connectivity index (χ0n) is 16.8. The lowest BCUT2D eigenvalue weighted by Crippen LogP contribution is -2.49. The Bertz CT molecular complexity index is 559. The summed E-state index contributed by atoms with van der Waals surface area (Å²) in [5.41, 5.74) is 1.15. The van der Waals surface area contributed by atoms with Gasteiger partial charge in [-0.05, 0) is 25.2 Å². The van der Waals surface area contributed by atoms with Gasteiger partial charge < -0.3 is 25.0 Å². The van der Waals surface area contributed by atoms with E-state index in [1.165, 1.54) is 0 Å². The zero-order chi connectivity index (χ0) is 18.9. The molecule has 146 valence electrons. The van der Waals surface area contributed by atoms with Crippen LogP contribution in [0.5, 0.6) is 11.5 Å². The maximum Gasteiger partial charge on any atom is 0.191 e. The van der Waals surface area contributed by atoms with E-state index >= 15 is 0 Å². The number of guanidine groups is 1. The van der Waals surface area contributed by atoms with E-state index in [0.717, 1.165) is 62.0 Å². The predicted molar refractivity (Wildman–Crippen MR) is 109 cm³/mol. The summed E-state index contributed by atoms with van der Waals surface area (Å²) in [6, 6.07) is 6.50. The predicted octanol–water partition coefficient (Wildman–Crippen LogP) is 2.88. The van der Waals surface area contributed by atoms with Gasteiger partial charge in [-0.3, -0.25) is 4.99 Å². The third-order valence-electron chi connectivity index (χ3n) is 4.77. The first-order valence-electron chi connectivity index (χ1n) is 9.51. The first-order valence-corrected chi connectivity index (χ1v) is 9.51. The zero-order valence-corrected chi connectivity index (χ0v) is 16.8. The molecule has 6 nitrogen and oxygen atoms in total. The van der Waals surface area contributed by atoms with Gasteiger partial charge in [-0.25, -0.2) is 0 Å². The Kier molecular flexibility index (Phi) is 7.88. The Morgan fingerprint density at radius 2 is 1.77 bits per heavy atom. The van der Waals surface area contributed by atoms with Crippen molar-refractivity contribution in [3.8, 4) is 11.5 Å². The van der Waals surface area contributed by atoms with Crippen LogP contribution in [-0.4, -0.2) is 52.9 Å². The number of hydrogen-bond donors (Lipinski definition) is 2. The van der Waals surface area contributed by atoms with Gasteiger partial charge in [0.2, 0.25) is 0 Å². The van der Waals surface area contributed by atoms with Crippen LogP contribution in [-0.2, 0) is 0 Å². The summed E-state index contributed by atoms with van der Waals surface area (Å²) < 4.78 is 10.8. The minimum atomic E-state index is 0.448. The van der Waals surface area contributed by atoms with Crippen molar-refractivity contribution in [2.45, 2.75) is 39.2 Å². The Balaban J connectivity index is 1.86. The lowest BCUT2D eigenvalue weighted by Gasteiger charge is -2.34. The molecule has 0 bridgehead atoms. The molecule has 26 heavy (non-hydrogen) atoms. The van der Waals surface area contributed by atoms with E-state index in [1.54, 1.807) is 14.2 Å². The topological polar surface area (TPSA) is 58.1 Å². The number of ether oxygens (including phenoxy) is 2. The van der Waals surface area contributed by atoms with Crippen molar-refractivity contribution in [3.63, 3.8) is 0 Å². The van der Waals surface area contributed by atoms with Crippen LogP contribution in [0.4, 0.5) is 5.69 Å². The van der Waals surface area contributed by atoms with Crippen LogP contribution in [0, 0.1) is 5.92 Å². The first kappa shape index (κ1) is 20.2. The van der Waals surface area contributed by atoms with E-state index in [2.05, 4.69) is 46.5 Å². The summed E-state index contributed by atoms with van der Waals surface area (Å²) in [5.74, 6) is 3.26. The monoisotopic (exact) mass is 362 g/mol. The fraction of sp³-hybridized carbons (Fsp3) is 0.650. The average molecular weight is 363 g/mol. The number of piperidine rings is 1. The molecule has 2 N–H and O–H groups in total. The molecule has 1 aromatic rings. The summed E-state index contributed by atoms with van der Waals surface area (Å²) >= 11 is 0. The smallest absolute Gasteiger partial charge is 0.191 e. The van der Waals surface area contributed by atoms with Crippen molar-refractivity contribution in [3.05, 3.63) is 18.2 Å². The molecule has 0 amide bonds. The number of anilines is 1. The van der Waals surface area contributed by atoms with E-state index in [-0.39, 0.29) is 0 Å². The van der Waals surface area contributed by atoms with Crippen LogP contribution in [0.1, 0.15) is 33.1 Å². The molecule has 0 unspecified atom stereocenters. The van der Waals surface area contributed by atoms with Gasteiger partial charge >= 0.3 is 0 Å². The molecule has 2 rings (SSSR count). The van der Waals surface area contributed by atoms with Crippen molar-refractivity contribution in [1.82, 2.24) is 10.6 Å². The number of methoxy groups -OCH3 is 2. The van der Waals surface area contributed by atoms with E-state index in [4.69, 9.17) is 9.47 Å². The molecule has 1 fully saturated rings. The molecule has 1 heterocycles. The van der Waals surface area contributed by atoms with Crippen LogP contribution in [0.2, 0.25) is 0 Å². The third kappa shape index (κ3) is 6.00. The van der Waals surface area contributed by atoms with E-state index in [9.17, 15) is 0 Å². The van der Waals surface area contributed by atoms with Gasteiger partial charge in [-0.15, -0.1) is 0 Å². The molecule has 1 saturated heterocycles. The largest absolute Gasteiger partial charge is 0.497 e. The second-order valence-corrected chi connectivity index (χ2v) is 7.16. The minimum absolute atomic E-state index is 0.448. The number of nitrogens with zero attached hydrogens (tertiary/aromatic N) is 2. The maximum absolute atomic E-state index is 5.39. The highest BCUT2D eigenvalue weighted by atomic mass is 16.5. The van der Waals surface area contributed by atoms with Gasteiger partial charge in [-0.1, -0.05) is 13.8 Å². The molecular formula is C20H34N4O2. The van der Waals surface area contributed by atoms with Crippen molar-refractivity contribution >= 4 is 11.6 Å². The Morgan fingerprint density at radius 1 is 1.15 bits per heavy atom. The van der Waals surface area contributed by atoms with Crippen molar-refractivity contribution in [1.29, 1.82) is 0 Å². The van der Waals surface area contributed by atoms with Gasteiger partial charge in [-0.2, -0.15) is 0 Å². The number of aliphatic imine (C=N–C) groups is 1. The Labute approximate surface area is 158 Å². The highest BCUT2D eigenvalue weighted by molar-refractivity contribution is 5.80. The molecule has 0 atom stereocenters. The van der Waals surface area contributed by atoms with E-state index in [1.807, 2.05) is 13.1 Å². The molecule has 0 spiro atoms. The molecule has 0 saturated carbocycles. The van der Waals surface area contributed by atoms with Crippen LogP contribution < -0.4 is 25.0 Å². The van der Waals surface area contributed by atoms with Crippen LogP contribution >= 0.6 is 0 Å². The van der Waals surface area contributed by atoms with Crippen molar-refractivity contribution in [2.24, 2.45) is 10.9 Å². The van der Waals surface area contributed by atoms with Gasteiger partial charge in [0, 0.05) is 56.6 Å². The number of benzene rings is 1. The molecule has 1 aliphatic heterocycles. The van der Waals surface area contributed by atoms with Gasteiger partial charge in [0.1, 0.15) is 11.5 Å². The molecule has 6 heteroatoms. The van der Waals surface area contributed by atoms with Crippen molar-refractivity contribution < 1.29 is 9.47 Å². The molecule has 0 aromatic heterocycles. The standard InChI is InChI=1S/C20H34N4O2/c1-15(2)6-9-22-20(21-3)23-16-7-10-24(11-8-16)17-12-18(25-4)14-19(13-17)26-5/h12-16H,6-11H2,1-5H3,(H2,21,22,23). The normalized spacial score (nSPS) is 15.9. The second kappa shape index (κ2) is 10.1. The van der Waals surface area contributed by atoms with Crippen LogP contribution in [0.25, 0.3) is 0 Å². The Hall–Kier alpha value is -2.11. The summed E-state index contributed by atoms with van der Waals surface area (Å²) in [6.07, 6.45) is 3.30. The number of hydrogen-bond acceptors (Lipinski definition) is 4. The highest BCUT2D eigenvalue weighted by Gasteiger charge is 2.21. The van der Waals surface area contributed by atoms with Gasteiger partial charge in [0.25, 0.3) is 0 Å². The van der Waals surface area contributed by atoms with Gasteiger partial charge in [0.05, 0.1) is 14.2 Å². The number of nitrogens with one attached hydrogen (secondary N) is 2. The summed E-state index contributed by atoms with van der Waals surface area (Å²) in [7, 11) is 5.21. The molecule has 1 aromatic carbocycles. The first-order chi connectivity index (χ1) is 12.5. The highest BCUT2D eigenvalue weighted by Crippen LogP contribution is 2.30. The molecule has 1 aliphatic rings. The lowest BCUT2D eigenvalue weighted by molar-refractivity contribution is 0.393. The molecule has 0 radical (unpaired) electrons. The average Bonchev–Trinajstić information content (AvgIpc) is 2.66. The van der Waals surface area contributed by atoms with Crippen LogP contribution in [0.3, 0.4) is 0 Å². The SMILES string of the molecule is CN=C(NCCC(C)C)NC1CCN(c2cc(OC)cc(OC)c2)CC1. The van der Waals surface area contributed by atoms with Crippen molar-refractivity contribution in [2.75, 3.05) is 45.8 Å². The fourth-order valence-corrected chi connectivity index (χ4v) is 3.12. The summed E-state index contributed by atoms with van der Waals surface area (Å²) in [5, 5.41) is 6.97. The van der Waals surface area contributed by atoms with E-state index in [0.29, 0.717) is 12.0 Å². The quantitative estimate of drug-likeness (QED) is 0.577. The number of rotatable bonds is 7. The third-order valence-corrected chi connectivity index (χ3v) is 4.77. The van der Waals surface area contributed by atoms with Crippen LogP contribution in [0.15, 0.2) is 23.2 Å². The van der Waals surface area contributed by atoms with E-state index < -0.39 is 0 Å². The molecular weight excluding hydrogens is 328 g/mol. The summed E-state index contributed by atoms with van der Waals surface area (Å²) in [4.78, 5) is 6.74.